The van der Waals surface area contributed by atoms with E-state index in [1.165, 1.54) is 11.1 Å². The fourth-order valence-electron chi connectivity index (χ4n) is 1.72. The predicted octanol–water partition coefficient (Wildman–Crippen LogP) is 2.64. The first kappa shape index (κ1) is 11.9. The molecule has 90 valence electrons. The average Bonchev–Trinajstić information content (AvgIpc) is 2.80. The van der Waals surface area contributed by atoms with E-state index in [4.69, 9.17) is 10.2 Å². The van der Waals surface area contributed by atoms with Crippen LogP contribution in [0.5, 0.6) is 0 Å². The highest BCUT2D eigenvalue weighted by molar-refractivity contribution is 5.28. The van der Waals surface area contributed by atoms with E-state index in [1.54, 1.807) is 6.26 Å². The molecule has 0 aliphatic carbocycles. The van der Waals surface area contributed by atoms with Crippen molar-refractivity contribution in [3.63, 3.8) is 0 Å². The molecule has 0 radical (unpaired) electrons. The Bertz CT molecular complexity index is 490. The summed E-state index contributed by atoms with van der Waals surface area (Å²) in [7, 11) is 0. The van der Waals surface area contributed by atoms with Crippen LogP contribution in [0.15, 0.2) is 34.9 Å². The molecule has 1 atom stereocenters. The van der Waals surface area contributed by atoms with Gasteiger partial charge in [-0.05, 0) is 18.1 Å². The number of aromatic nitrogens is 1. The average molecular weight is 230 g/mol. The molecule has 3 heteroatoms. The molecule has 17 heavy (non-hydrogen) atoms. The van der Waals surface area contributed by atoms with Crippen molar-refractivity contribution in [1.29, 1.82) is 0 Å². The van der Waals surface area contributed by atoms with Gasteiger partial charge in [0.15, 0.2) is 5.89 Å². The number of hydrogen-bond acceptors (Lipinski definition) is 3. The highest BCUT2D eigenvalue weighted by Gasteiger charge is 2.10. The molecule has 0 bridgehead atoms. The molecule has 2 rings (SSSR count). The van der Waals surface area contributed by atoms with E-state index in [9.17, 15) is 0 Å². The molecule has 0 saturated heterocycles. The number of benzene rings is 1. The fourth-order valence-corrected chi connectivity index (χ4v) is 1.72. The Hall–Kier alpha value is -1.61. The van der Waals surface area contributed by atoms with Crippen molar-refractivity contribution in [2.45, 2.75) is 26.2 Å². The van der Waals surface area contributed by atoms with Crippen LogP contribution in [0.1, 0.15) is 35.6 Å². The van der Waals surface area contributed by atoms with Gasteiger partial charge in [-0.25, -0.2) is 4.98 Å². The van der Waals surface area contributed by atoms with Crippen LogP contribution in [0.4, 0.5) is 0 Å². The Kier molecular flexibility index (Phi) is 3.59. The Morgan fingerprint density at radius 3 is 2.82 bits per heavy atom. The summed E-state index contributed by atoms with van der Waals surface area (Å²) >= 11 is 0. The van der Waals surface area contributed by atoms with Crippen LogP contribution < -0.4 is 5.73 Å². The van der Waals surface area contributed by atoms with Crippen LogP contribution in [0.25, 0.3) is 0 Å². The van der Waals surface area contributed by atoms with Gasteiger partial charge >= 0.3 is 0 Å². The molecule has 0 fully saturated rings. The first-order valence-corrected chi connectivity index (χ1v) is 5.89. The Morgan fingerprint density at radius 2 is 2.12 bits per heavy atom. The summed E-state index contributed by atoms with van der Waals surface area (Å²) < 4.78 is 5.48. The lowest BCUT2D eigenvalue weighted by Gasteiger charge is -2.02. The van der Waals surface area contributed by atoms with E-state index in [0.717, 1.165) is 18.0 Å². The second-order valence-corrected chi connectivity index (χ2v) is 4.41. The van der Waals surface area contributed by atoms with Crippen LogP contribution in [0, 0.1) is 6.92 Å². The smallest absolute Gasteiger partial charge is 0.198 e. The predicted molar refractivity (Wildman–Crippen MR) is 68.0 cm³/mol. The first-order chi connectivity index (χ1) is 8.20. The van der Waals surface area contributed by atoms with Crippen LogP contribution in [-0.4, -0.2) is 11.5 Å². The SMILES string of the molecule is Cc1ccccc1Cc1nc(C(C)CN)co1. The molecular formula is C14H18N2O. The minimum atomic E-state index is 0.254. The molecule has 0 spiro atoms. The lowest BCUT2D eigenvalue weighted by Crippen LogP contribution is -2.09. The Balaban J connectivity index is 2.14. The summed E-state index contributed by atoms with van der Waals surface area (Å²) in [6.07, 6.45) is 2.45. The number of rotatable bonds is 4. The van der Waals surface area contributed by atoms with Gasteiger partial charge in [-0.15, -0.1) is 0 Å². The molecule has 1 unspecified atom stereocenters. The summed E-state index contributed by atoms with van der Waals surface area (Å²) in [6, 6.07) is 8.28. The standard InChI is InChI=1S/C14H18N2O/c1-10-5-3-4-6-12(10)7-14-16-13(9-17-14)11(2)8-15/h3-6,9,11H,7-8,15H2,1-2H3. The van der Waals surface area contributed by atoms with Gasteiger partial charge in [-0.3, -0.25) is 0 Å². The van der Waals surface area contributed by atoms with E-state index in [1.807, 2.05) is 12.1 Å². The number of hydrogen-bond donors (Lipinski definition) is 1. The van der Waals surface area contributed by atoms with E-state index in [-0.39, 0.29) is 5.92 Å². The minimum absolute atomic E-state index is 0.254. The van der Waals surface area contributed by atoms with Gasteiger partial charge in [0.1, 0.15) is 6.26 Å². The lowest BCUT2D eigenvalue weighted by molar-refractivity contribution is 0.505. The van der Waals surface area contributed by atoms with Gasteiger partial charge in [0.05, 0.1) is 5.69 Å². The number of nitrogens with zero attached hydrogens (tertiary/aromatic N) is 1. The maximum atomic E-state index is 5.61. The summed E-state index contributed by atoms with van der Waals surface area (Å²) in [5, 5.41) is 0. The molecule has 0 amide bonds. The van der Waals surface area contributed by atoms with Crippen molar-refractivity contribution in [2.75, 3.05) is 6.54 Å². The Labute approximate surface area is 102 Å². The van der Waals surface area contributed by atoms with Crippen molar-refractivity contribution in [1.82, 2.24) is 4.98 Å². The highest BCUT2D eigenvalue weighted by Crippen LogP contribution is 2.17. The third kappa shape index (κ3) is 2.74. The van der Waals surface area contributed by atoms with Crippen LogP contribution in [-0.2, 0) is 6.42 Å². The normalized spacial score (nSPS) is 12.6. The Morgan fingerprint density at radius 1 is 1.35 bits per heavy atom. The van der Waals surface area contributed by atoms with Gasteiger partial charge < -0.3 is 10.2 Å². The molecule has 1 aromatic heterocycles. The van der Waals surface area contributed by atoms with Crippen molar-refractivity contribution in [3.8, 4) is 0 Å². The minimum Gasteiger partial charge on any atom is -0.448 e. The zero-order valence-electron chi connectivity index (χ0n) is 10.3. The molecule has 0 saturated carbocycles. The molecule has 3 nitrogen and oxygen atoms in total. The molecule has 1 aromatic carbocycles. The van der Waals surface area contributed by atoms with Crippen molar-refractivity contribution >= 4 is 0 Å². The summed E-state index contributed by atoms with van der Waals surface area (Å²) in [4.78, 5) is 4.47. The van der Waals surface area contributed by atoms with Gasteiger partial charge in [-0.2, -0.15) is 0 Å². The third-order valence-electron chi connectivity index (χ3n) is 3.03. The maximum absolute atomic E-state index is 5.61. The van der Waals surface area contributed by atoms with Crippen molar-refractivity contribution in [2.24, 2.45) is 5.73 Å². The van der Waals surface area contributed by atoms with Gasteiger partial charge in [0.25, 0.3) is 0 Å². The molecular weight excluding hydrogens is 212 g/mol. The molecule has 1 heterocycles. The number of aryl methyl sites for hydroxylation is 1. The van der Waals surface area contributed by atoms with Gasteiger partial charge in [-0.1, -0.05) is 31.2 Å². The third-order valence-corrected chi connectivity index (χ3v) is 3.03. The molecule has 0 aliphatic rings. The molecule has 2 aromatic rings. The van der Waals surface area contributed by atoms with E-state index in [0.29, 0.717) is 6.54 Å². The van der Waals surface area contributed by atoms with Crippen molar-refractivity contribution in [3.05, 3.63) is 53.2 Å². The summed E-state index contributed by atoms with van der Waals surface area (Å²) in [5.41, 5.74) is 9.06. The molecule has 2 N–H and O–H groups in total. The fraction of sp³-hybridized carbons (Fsp3) is 0.357. The number of nitrogens with two attached hydrogens (primary N) is 1. The first-order valence-electron chi connectivity index (χ1n) is 5.89. The largest absolute Gasteiger partial charge is 0.448 e. The topological polar surface area (TPSA) is 52.0 Å². The second-order valence-electron chi connectivity index (χ2n) is 4.41. The highest BCUT2D eigenvalue weighted by atomic mass is 16.3. The van der Waals surface area contributed by atoms with E-state index < -0.39 is 0 Å². The van der Waals surface area contributed by atoms with Crippen LogP contribution in [0.2, 0.25) is 0 Å². The number of oxazole rings is 1. The van der Waals surface area contributed by atoms with E-state index in [2.05, 4.69) is 31.0 Å². The van der Waals surface area contributed by atoms with Crippen molar-refractivity contribution < 1.29 is 4.42 Å². The maximum Gasteiger partial charge on any atom is 0.198 e. The summed E-state index contributed by atoms with van der Waals surface area (Å²) in [5.74, 6) is 1.01. The van der Waals surface area contributed by atoms with Gasteiger partial charge in [0.2, 0.25) is 0 Å². The van der Waals surface area contributed by atoms with Crippen LogP contribution >= 0.6 is 0 Å². The zero-order chi connectivity index (χ0) is 12.3. The summed E-state index contributed by atoms with van der Waals surface area (Å²) in [6.45, 7) is 4.74. The van der Waals surface area contributed by atoms with E-state index >= 15 is 0 Å². The molecule has 0 aliphatic heterocycles. The van der Waals surface area contributed by atoms with Crippen LogP contribution in [0.3, 0.4) is 0 Å². The van der Waals surface area contributed by atoms with Gasteiger partial charge in [0, 0.05) is 18.9 Å². The lowest BCUT2D eigenvalue weighted by atomic mass is 10.1. The quantitative estimate of drug-likeness (QED) is 0.878. The second kappa shape index (κ2) is 5.15. The monoisotopic (exact) mass is 230 g/mol. The zero-order valence-corrected chi connectivity index (χ0v) is 10.3.